The molecule has 7 heteroatoms. The van der Waals surface area contributed by atoms with Crippen LogP contribution in [0, 0.1) is 0 Å². The van der Waals surface area contributed by atoms with Crippen LogP contribution in [0.1, 0.15) is 37.3 Å². The van der Waals surface area contributed by atoms with Gasteiger partial charge in [-0.1, -0.05) is 0 Å². The van der Waals surface area contributed by atoms with Gasteiger partial charge in [0, 0.05) is 49.1 Å². The summed E-state index contributed by atoms with van der Waals surface area (Å²) in [5.41, 5.74) is 1.75. The Bertz CT molecular complexity index is 858. The molecule has 2 aromatic rings. The third-order valence-corrected chi connectivity index (χ3v) is 5.20. The van der Waals surface area contributed by atoms with E-state index in [4.69, 9.17) is 0 Å². The number of hydrogen-bond donors (Lipinski definition) is 0. The van der Waals surface area contributed by atoms with Crippen molar-refractivity contribution in [3.05, 3.63) is 36.2 Å². The van der Waals surface area contributed by atoms with Crippen LogP contribution in [-0.4, -0.2) is 57.1 Å². The van der Waals surface area contributed by atoms with E-state index in [2.05, 4.69) is 9.97 Å². The number of imide groups is 1. The lowest BCUT2D eigenvalue weighted by Crippen LogP contribution is -2.45. The predicted octanol–water partition coefficient (Wildman–Crippen LogP) is 1.48. The van der Waals surface area contributed by atoms with Crippen molar-refractivity contribution in [1.29, 1.82) is 0 Å². The van der Waals surface area contributed by atoms with Gasteiger partial charge in [-0.25, -0.2) is 9.97 Å². The molecular weight excluding hydrogens is 332 g/mol. The summed E-state index contributed by atoms with van der Waals surface area (Å²) < 4.78 is 0. The number of fused-ring (bicyclic) bond motifs is 1. The molecule has 134 valence electrons. The minimum absolute atomic E-state index is 0.125. The maximum absolute atomic E-state index is 12.4. The van der Waals surface area contributed by atoms with Crippen LogP contribution in [-0.2, 0) is 14.4 Å². The molecule has 0 aliphatic carbocycles. The second kappa shape index (κ2) is 6.82. The molecule has 0 bridgehead atoms. The highest BCUT2D eigenvalue weighted by atomic mass is 16.2. The molecule has 0 radical (unpaired) electrons. The van der Waals surface area contributed by atoms with Crippen molar-refractivity contribution in [3.63, 3.8) is 0 Å². The van der Waals surface area contributed by atoms with Crippen LogP contribution in [0.5, 0.6) is 0 Å². The molecule has 3 amide bonds. The molecule has 2 aliphatic heterocycles. The zero-order valence-corrected chi connectivity index (χ0v) is 14.4. The smallest absolute Gasteiger partial charge is 0.242 e. The highest BCUT2D eigenvalue weighted by Gasteiger charge is 2.33. The number of likely N-dealkylation sites (tertiary alicyclic amines) is 2. The average molecular weight is 352 g/mol. The maximum atomic E-state index is 12.4. The van der Waals surface area contributed by atoms with Gasteiger partial charge in [-0.3, -0.25) is 19.3 Å². The lowest BCUT2D eigenvalue weighted by atomic mass is 9.93. The number of aromatic nitrogens is 2. The summed E-state index contributed by atoms with van der Waals surface area (Å²) in [6.45, 7) is 1.10. The Labute approximate surface area is 151 Å². The quantitative estimate of drug-likeness (QED) is 0.782. The van der Waals surface area contributed by atoms with E-state index in [1.165, 1.54) is 0 Å². The Hall–Kier alpha value is -2.83. The van der Waals surface area contributed by atoms with Gasteiger partial charge in [0.25, 0.3) is 0 Å². The van der Waals surface area contributed by atoms with Crippen LogP contribution in [0.3, 0.4) is 0 Å². The molecule has 0 unspecified atom stereocenters. The zero-order valence-electron chi connectivity index (χ0n) is 14.4. The van der Waals surface area contributed by atoms with Gasteiger partial charge < -0.3 is 4.90 Å². The molecule has 0 aromatic carbocycles. The summed E-state index contributed by atoms with van der Waals surface area (Å²) in [5, 5.41) is 1.02. The van der Waals surface area contributed by atoms with Crippen LogP contribution in [0.4, 0.5) is 0 Å². The Morgan fingerprint density at radius 2 is 1.81 bits per heavy atom. The van der Waals surface area contributed by atoms with Gasteiger partial charge in [0.05, 0.1) is 0 Å². The first kappa shape index (κ1) is 16.6. The number of hydrogen-bond acceptors (Lipinski definition) is 5. The second-order valence-corrected chi connectivity index (χ2v) is 6.81. The molecule has 0 N–H and O–H groups in total. The van der Waals surface area contributed by atoms with Gasteiger partial charge in [-0.05, 0) is 37.1 Å². The Balaban J connectivity index is 1.38. The van der Waals surface area contributed by atoms with Gasteiger partial charge in [-0.15, -0.1) is 0 Å². The fourth-order valence-corrected chi connectivity index (χ4v) is 3.65. The number of carbonyl (C=O) groups excluding carboxylic acids is 3. The van der Waals surface area contributed by atoms with E-state index in [1.807, 2.05) is 24.3 Å². The molecule has 2 saturated heterocycles. The van der Waals surface area contributed by atoms with Gasteiger partial charge in [-0.2, -0.15) is 0 Å². The molecule has 0 saturated carbocycles. The second-order valence-electron chi connectivity index (χ2n) is 6.81. The van der Waals surface area contributed by atoms with Crippen molar-refractivity contribution in [2.75, 3.05) is 19.6 Å². The molecule has 26 heavy (non-hydrogen) atoms. The Kier molecular flexibility index (Phi) is 4.36. The highest BCUT2D eigenvalue weighted by molar-refractivity contribution is 6.04. The number of piperidine rings is 1. The van der Waals surface area contributed by atoms with Crippen molar-refractivity contribution in [3.8, 4) is 0 Å². The van der Waals surface area contributed by atoms with Gasteiger partial charge >= 0.3 is 0 Å². The maximum Gasteiger partial charge on any atom is 0.242 e. The Morgan fingerprint density at radius 1 is 1.08 bits per heavy atom. The average Bonchev–Trinajstić information content (AvgIpc) is 2.99. The van der Waals surface area contributed by atoms with Crippen LogP contribution >= 0.6 is 0 Å². The topological polar surface area (TPSA) is 83.5 Å². The van der Waals surface area contributed by atoms with Crippen LogP contribution in [0.2, 0.25) is 0 Å². The minimum Gasteiger partial charge on any atom is -0.341 e. The van der Waals surface area contributed by atoms with E-state index >= 15 is 0 Å². The lowest BCUT2D eigenvalue weighted by Gasteiger charge is -2.32. The van der Waals surface area contributed by atoms with E-state index in [-0.39, 0.29) is 37.1 Å². The highest BCUT2D eigenvalue weighted by Crippen LogP contribution is 2.28. The van der Waals surface area contributed by atoms with E-state index in [9.17, 15) is 14.4 Å². The first-order valence-electron chi connectivity index (χ1n) is 8.94. The normalized spacial score (nSPS) is 18.8. The van der Waals surface area contributed by atoms with E-state index in [0.717, 1.165) is 34.5 Å². The van der Waals surface area contributed by atoms with E-state index < -0.39 is 0 Å². The molecule has 4 rings (SSSR count). The molecule has 2 fully saturated rings. The molecule has 0 atom stereocenters. The summed E-state index contributed by atoms with van der Waals surface area (Å²) in [6, 6.07) is 7.95. The van der Waals surface area contributed by atoms with Gasteiger partial charge in [0.15, 0.2) is 5.65 Å². The number of pyridine rings is 2. The van der Waals surface area contributed by atoms with Gasteiger partial charge in [0.2, 0.25) is 17.7 Å². The van der Waals surface area contributed by atoms with Crippen LogP contribution in [0.25, 0.3) is 11.0 Å². The lowest BCUT2D eigenvalue weighted by molar-refractivity contribution is -0.145. The minimum atomic E-state index is -0.244. The van der Waals surface area contributed by atoms with Crippen molar-refractivity contribution in [1.82, 2.24) is 19.8 Å². The number of nitrogens with zero attached hydrogens (tertiary/aromatic N) is 4. The molecule has 0 spiro atoms. The standard InChI is InChI=1S/C19H20N4O3/c24-16-5-6-17(25)23(16)12-18(26)22-10-7-13(8-11-22)15-4-3-14-2-1-9-20-19(14)21-15/h1-4,9,13H,5-8,10-12H2. The largest absolute Gasteiger partial charge is 0.341 e. The van der Waals surface area contributed by atoms with Crippen molar-refractivity contribution < 1.29 is 14.4 Å². The fourth-order valence-electron chi connectivity index (χ4n) is 3.65. The van der Waals surface area contributed by atoms with E-state index in [0.29, 0.717) is 19.0 Å². The first-order valence-corrected chi connectivity index (χ1v) is 8.94. The Morgan fingerprint density at radius 3 is 2.54 bits per heavy atom. The SMILES string of the molecule is O=C(CN1C(=O)CCC1=O)N1CCC(c2ccc3cccnc3n2)CC1. The summed E-state index contributed by atoms with van der Waals surface area (Å²) in [7, 11) is 0. The van der Waals surface area contributed by atoms with Crippen molar-refractivity contribution >= 4 is 28.8 Å². The fraction of sp³-hybridized carbons (Fsp3) is 0.421. The third kappa shape index (κ3) is 3.16. The van der Waals surface area contributed by atoms with Gasteiger partial charge in [0.1, 0.15) is 6.54 Å². The molecular formula is C19H20N4O3. The third-order valence-electron chi connectivity index (χ3n) is 5.20. The van der Waals surface area contributed by atoms with Crippen molar-refractivity contribution in [2.24, 2.45) is 0 Å². The van der Waals surface area contributed by atoms with Crippen LogP contribution < -0.4 is 0 Å². The molecule has 7 nitrogen and oxygen atoms in total. The predicted molar refractivity (Wildman–Crippen MR) is 94.0 cm³/mol. The number of carbonyl (C=O) groups is 3. The summed E-state index contributed by atoms with van der Waals surface area (Å²) in [5.74, 6) is -0.349. The first-order chi connectivity index (χ1) is 12.6. The number of rotatable bonds is 3. The number of amides is 3. The zero-order chi connectivity index (χ0) is 18.1. The summed E-state index contributed by atoms with van der Waals surface area (Å²) in [4.78, 5) is 47.6. The molecule has 4 heterocycles. The summed E-state index contributed by atoms with van der Waals surface area (Å²) in [6.07, 6.45) is 3.81. The molecule has 2 aromatic heterocycles. The molecule has 2 aliphatic rings. The summed E-state index contributed by atoms with van der Waals surface area (Å²) >= 11 is 0. The van der Waals surface area contributed by atoms with Crippen molar-refractivity contribution in [2.45, 2.75) is 31.6 Å². The van der Waals surface area contributed by atoms with Crippen LogP contribution in [0.15, 0.2) is 30.5 Å². The van der Waals surface area contributed by atoms with E-state index in [1.54, 1.807) is 11.1 Å². The monoisotopic (exact) mass is 352 g/mol.